The lowest BCUT2D eigenvalue weighted by molar-refractivity contribution is -0.130. The minimum Gasteiger partial charge on any atom is -0.503 e. The number of hydrogen-bond acceptors (Lipinski definition) is 5. The van der Waals surface area contributed by atoms with E-state index in [-0.39, 0.29) is 24.3 Å². The number of ketones is 1. The topological polar surface area (TPSA) is 79.7 Å². The standard InChI is InChI=1S/C20H20N2O4/c1-3-16(23)17-18(15-9-4-5-10-21-15)22(20(25)19(17)24)12-13-7-6-8-14(11-13)26-2/h4-11,18,24H,3,12H2,1-2H3. The molecule has 0 fully saturated rings. The molecule has 0 bridgehead atoms. The van der Waals surface area contributed by atoms with Crippen molar-refractivity contribution in [1.82, 2.24) is 9.88 Å². The third-order valence-electron chi connectivity index (χ3n) is 4.38. The molecule has 3 rings (SSSR count). The third kappa shape index (κ3) is 3.18. The van der Waals surface area contributed by atoms with Gasteiger partial charge in [0.15, 0.2) is 11.5 Å². The van der Waals surface area contributed by atoms with Crippen LogP contribution in [0.2, 0.25) is 0 Å². The molecule has 0 radical (unpaired) electrons. The fourth-order valence-corrected chi connectivity index (χ4v) is 3.10. The first-order valence-corrected chi connectivity index (χ1v) is 8.38. The first-order valence-electron chi connectivity index (χ1n) is 8.38. The number of nitrogens with zero attached hydrogens (tertiary/aromatic N) is 2. The summed E-state index contributed by atoms with van der Waals surface area (Å²) in [6.07, 6.45) is 1.80. The zero-order valence-electron chi connectivity index (χ0n) is 14.7. The highest BCUT2D eigenvalue weighted by molar-refractivity contribution is 6.08. The van der Waals surface area contributed by atoms with E-state index in [1.807, 2.05) is 24.3 Å². The van der Waals surface area contributed by atoms with E-state index in [9.17, 15) is 14.7 Å². The maximum Gasteiger partial charge on any atom is 0.290 e. The Morgan fingerprint density at radius 1 is 1.27 bits per heavy atom. The molecule has 1 aromatic carbocycles. The first-order chi connectivity index (χ1) is 12.6. The number of pyridine rings is 1. The number of Topliss-reactive ketones (excluding diaryl/α,β-unsaturated/α-hetero) is 1. The van der Waals surface area contributed by atoms with Crippen molar-refractivity contribution in [3.05, 3.63) is 71.3 Å². The summed E-state index contributed by atoms with van der Waals surface area (Å²) in [5.74, 6) is -0.652. The van der Waals surface area contributed by atoms with Gasteiger partial charge in [-0.1, -0.05) is 25.1 Å². The summed E-state index contributed by atoms with van der Waals surface area (Å²) in [7, 11) is 1.57. The molecule has 1 N–H and O–H groups in total. The molecule has 1 amide bonds. The average molecular weight is 352 g/mol. The van der Waals surface area contributed by atoms with Gasteiger partial charge in [0.2, 0.25) is 0 Å². The van der Waals surface area contributed by atoms with Crippen molar-refractivity contribution in [2.75, 3.05) is 7.11 Å². The number of ether oxygens (including phenoxy) is 1. The summed E-state index contributed by atoms with van der Waals surface area (Å²) in [5.41, 5.74) is 1.49. The number of benzene rings is 1. The lowest BCUT2D eigenvalue weighted by Gasteiger charge is -2.26. The molecular formula is C20H20N2O4. The third-order valence-corrected chi connectivity index (χ3v) is 4.38. The van der Waals surface area contributed by atoms with E-state index < -0.39 is 17.7 Å². The van der Waals surface area contributed by atoms with Crippen molar-refractivity contribution in [3.63, 3.8) is 0 Å². The van der Waals surface area contributed by atoms with Crippen molar-refractivity contribution in [2.24, 2.45) is 0 Å². The van der Waals surface area contributed by atoms with Gasteiger partial charge in [0.1, 0.15) is 11.8 Å². The van der Waals surface area contributed by atoms with Gasteiger partial charge in [-0.15, -0.1) is 0 Å². The molecule has 1 atom stereocenters. The summed E-state index contributed by atoms with van der Waals surface area (Å²) >= 11 is 0. The van der Waals surface area contributed by atoms with Crippen LogP contribution in [0.5, 0.6) is 5.75 Å². The molecule has 1 aromatic heterocycles. The molecule has 2 aromatic rings. The first kappa shape index (κ1) is 17.7. The number of amides is 1. The van der Waals surface area contributed by atoms with Crippen LogP contribution >= 0.6 is 0 Å². The molecule has 0 aliphatic carbocycles. The second-order valence-corrected chi connectivity index (χ2v) is 5.98. The maximum atomic E-state index is 12.7. The molecule has 134 valence electrons. The van der Waals surface area contributed by atoms with Gasteiger partial charge < -0.3 is 14.7 Å². The van der Waals surface area contributed by atoms with Crippen LogP contribution in [0.15, 0.2) is 60.0 Å². The second kappa shape index (κ2) is 7.39. The number of aromatic nitrogens is 1. The summed E-state index contributed by atoms with van der Waals surface area (Å²) in [6.45, 7) is 1.93. The van der Waals surface area contributed by atoms with Crippen LogP contribution in [-0.4, -0.2) is 33.8 Å². The maximum absolute atomic E-state index is 12.7. The molecule has 6 heteroatoms. The Morgan fingerprint density at radius 3 is 2.73 bits per heavy atom. The Balaban J connectivity index is 2.02. The quantitative estimate of drug-likeness (QED) is 0.864. The molecule has 1 aliphatic rings. The Morgan fingerprint density at radius 2 is 2.08 bits per heavy atom. The smallest absolute Gasteiger partial charge is 0.290 e. The van der Waals surface area contributed by atoms with Crippen LogP contribution in [0.3, 0.4) is 0 Å². The minimum absolute atomic E-state index is 0.110. The predicted octanol–water partition coefficient (Wildman–Crippen LogP) is 2.96. The van der Waals surface area contributed by atoms with Gasteiger partial charge in [0, 0.05) is 19.2 Å². The van der Waals surface area contributed by atoms with Gasteiger partial charge >= 0.3 is 0 Å². The Kier molecular flexibility index (Phi) is 5.02. The SMILES string of the molecule is CCC(=O)C1=C(O)C(=O)N(Cc2cccc(OC)c2)C1c1ccccn1. The van der Waals surface area contributed by atoms with Crippen LogP contribution in [0.25, 0.3) is 0 Å². The van der Waals surface area contributed by atoms with E-state index in [4.69, 9.17) is 4.74 Å². The molecule has 6 nitrogen and oxygen atoms in total. The summed E-state index contributed by atoms with van der Waals surface area (Å²) in [4.78, 5) is 30.9. The normalized spacial score (nSPS) is 16.9. The van der Waals surface area contributed by atoms with Crippen LogP contribution in [0, 0.1) is 0 Å². The zero-order chi connectivity index (χ0) is 18.7. The largest absolute Gasteiger partial charge is 0.503 e. The van der Waals surface area contributed by atoms with E-state index in [0.29, 0.717) is 11.4 Å². The number of carbonyl (C=O) groups is 2. The van der Waals surface area contributed by atoms with Gasteiger partial charge in [0.25, 0.3) is 5.91 Å². The molecule has 0 saturated heterocycles. The van der Waals surface area contributed by atoms with Gasteiger partial charge in [0.05, 0.1) is 18.4 Å². The number of aliphatic hydroxyl groups excluding tert-OH is 1. The Labute approximate surface area is 151 Å². The molecular weight excluding hydrogens is 332 g/mol. The van der Waals surface area contributed by atoms with Gasteiger partial charge in [-0.25, -0.2) is 0 Å². The van der Waals surface area contributed by atoms with Crippen LogP contribution in [0.1, 0.15) is 30.6 Å². The molecule has 0 saturated carbocycles. The molecule has 0 spiro atoms. The lowest BCUT2D eigenvalue weighted by Crippen LogP contribution is -2.31. The molecule has 26 heavy (non-hydrogen) atoms. The number of carbonyl (C=O) groups excluding carboxylic acids is 2. The summed E-state index contributed by atoms with van der Waals surface area (Å²) < 4.78 is 5.23. The van der Waals surface area contributed by atoms with Crippen molar-refractivity contribution in [2.45, 2.75) is 25.9 Å². The van der Waals surface area contributed by atoms with Crippen molar-refractivity contribution in [3.8, 4) is 5.75 Å². The monoisotopic (exact) mass is 352 g/mol. The van der Waals surface area contributed by atoms with Gasteiger partial charge in [-0.2, -0.15) is 0 Å². The van der Waals surface area contributed by atoms with Crippen LogP contribution < -0.4 is 4.74 Å². The summed E-state index contributed by atoms with van der Waals surface area (Å²) in [6, 6.07) is 11.9. The Bertz CT molecular complexity index is 861. The molecule has 1 aliphatic heterocycles. The lowest BCUT2D eigenvalue weighted by atomic mass is 9.98. The highest BCUT2D eigenvalue weighted by Crippen LogP contribution is 2.38. The fourth-order valence-electron chi connectivity index (χ4n) is 3.10. The molecule has 2 heterocycles. The summed E-state index contributed by atoms with van der Waals surface area (Å²) in [5, 5.41) is 10.4. The van der Waals surface area contributed by atoms with Crippen LogP contribution in [0.4, 0.5) is 0 Å². The van der Waals surface area contributed by atoms with E-state index in [1.165, 1.54) is 4.90 Å². The Hall–Kier alpha value is -3.15. The highest BCUT2D eigenvalue weighted by atomic mass is 16.5. The number of methoxy groups -OCH3 is 1. The highest BCUT2D eigenvalue weighted by Gasteiger charge is 2.43. The van der Waals surface area contributed by atoms with Crippen molar-refractivity contribution in [1.29, 1.82) is 0 Å². The average Bonchev–Trinajstić information content (AvgIpc) is 2.93. The fraction of sp³-hybridized carbons (Fsp3) is 0.250. The van der Waals surface area contributed by atoms with E-state index in [1.54, 1.807) is 38.4 Å². The predicted molar refractivity (Wildman–Crippen MR) is 95.5 cm³/mol. The van der Waals surface area contributed by atoms with E-state index >= 15 is 0 Å². The number of rotatable bonds is 6. The van der Waals surface area contributed by atoms with E-state index in [2.05, 4.69) is 4.98 Å². The number of aliphatic hydroxyl groups is 1. The zero-order valence-corrected chi connectivity index (χ0v) is 14.7. The van der Waals surface area contributed by atoms with Gasteiger partial charge in [-0.3, -0.25) is 14.6 Å². The van der Waals surface area contributed by atoms with E-state index in [0.717, 1.165) is 5.56 Å². The second-order valence-electron chi connectivity index (χ2n) is 5.98. The number of hydrogen-bond donors (Lipinski definition) is 1. The van der Waals surface area contributed by atoms with Gasteiger partial charge in [-0.05, 0) is 29.8 Å². The minimum atomic E-state index is -0.706. The van der Waals surface area contributed by atoms with Crippen molar-refractivity contribution < 1.29 is 19.4 Å². The van der Waals surface area contributed by atoms with Crippen LogP contribution in [-0.2, 0) is 16.1 Å². The van der Waals surface area contributed by atoms with Crippen molar-refractivity contribution >= 4 is 11.7 Å². The molecule has 1 unspecified atom stereocenters.